The molecule has 0 aliphatic carbocycles. The monoisotopic (exact) mass is 293 g/mol. The van der Waals surface area contributed by atoms with E-state index in [1.807, 2.05) is 6.92 Å². The molecule has 1 fully saturated rings. The molecule has 2 rings (SSSR count). The van der Waals surface area contributed by atoms with Gasteiger partial charge < -0.3 is 15.0 Å². The lowest BCUT2D eigenvalue weighted by Gasteiger charge is -2.41. The van der Waals surface area contributed by atoms with Crippen LogP contribution in [0.15, 0.2) is 6.33 Å². The molecule has 1 aromatic rings. The maximum atomic E-state index is 12.0. The first-order valence-corrected chi connectivity index (χ1v) is 6.66. The zero-order valence-corrected chi connectivity index (χ0v) is 12.6. The first-order chi connectivity index (χ1) is 9.91. The van der Waals surface area contributed by atoms with Crippen LogP contribution in [0.5, 0.6) is 5.75 Å². The van der Waals surface area contributed by atoms with Crippen LogP contribution in [0.2, 0.25) is 0 Å². The molecule has 0 radical (unpaired) electrons. The van der Waals surface area contributed by atoms with Gasteiger partial charge in [0.2, 0.25) is 11.7 Å². The summed E-state index contributed by atoms with van der Waals surface area (Å²) < 4.78 is 5.37. The molecule has 0 saturated carbocycles. The number of imide groups is 1. The van der Waals surface area contributed by atoms with Gasteiger partial charge >= 0.3 is 0 Å². The number of carbonyl (C=O) groups is 2. The van der Waals surface area contributed by atoms with Gasteiger partial charge in [0, 0.05) is 6.54 Å². The van der Waals surface area contributed by atoms with E-state index in [1.54, 1.807) is 18.7 Å². The quantitative estimate of drug-likeness (QED) is 0.763. The second-order valence-electron chi connectivity index (χ2n) is 5.13. The first kappa shape index (κ1) is 15.0. The van der Waals surface area contributed by atoms with E-state index in [9.17, 15) is 9.59 Å². The van der Waals surface area contributed by atoms with Gasteiger partial charge in [-0.1, -0.05) is 0 Å². The largest absolute Gasteiger partial charge is 0.490 e. The van der Waals surface area contributed by atoms with Crippen LogP contribution in [0.4, 0.5) is 11.6 Å². The predicted molar refractivity (Wildman–Crippen MR) is 77.3 cm³/mol. The molecule has 114 valence electrons. The molecule has 0 bridgehead atoms. The highest BCUT2D eigenvalue weighted by molar-refractivity contribution is 6.06. The fraction of sp³-hybridized carbons (Fsp3) is 0.538. The van der Waals surface area contributed by atoms with Gasteiger partial charge in [-0.3, -0.25) is 14.9 Å². The van der Waals surface area contributed by atoms with E-state index in [2.05, 4.69) is 20.6 Å². The Labute approximate surface area is 122 Å². The van der Waals surface area contributed by atoms with Crippen molar-refractivity contribution in [2.24, 2.45) is 0 Å². The van der Waals surface area contributed by atoms with Gasteiger partial charge in [-0.15, -0.1) is 0 Å². The molecule has 0 unspecified atom stereocenters. The van der Waals surface area contributed by atoms with Crippen LogP contribution < -0.4 is 20.3 Å². The van der Waals surface area contributed by atoms with E-state index < -0.39 is 5.54 Å². The number of hydrogen-bond donors (Lipinski definition) is 2. The van der Waals surface area contributed by atoms with Crippen molar-refractivity contribution >= 4 is 23.5 Å². The average molecular weight is 293 g/mol. The number of methoxy groups -OCH3 is 1. The van der Waals surface area contributed by atoms with Crippen molar-refractivity contribution in [2.45, 2.75) is 26.3 Å². The summed E-state index contributed by atoms with van der Waals surface area (Å²) in [6.45, 7) is 6.07. The van der Waals surface area contributed by atoms with Gasteiger partial charge in [-0.05, 0) is 20.8 Å². The molecule has 2 amide bonds. The maximum absolute atomic E-state index is 12.0. The van der Waals surface area contributed by atoms with Crippen molar-refractivity contribution in [3.63, 3.8) is 0 Å². The molecule has 0 aromatic carbocycles. The molecule has 21 heavy (non-hydrogen) atoms. The van der Waals surface area contributed by atoms with Crippen molar-refractivity contribution in [2.75, 3.05) is 30.4 Å². The highest BCUT2D eigenvalue weighted by atomic mass is 16.5. The third kappa shape index (κ3) is 2.61. The summed E-state index contributed by atoms with van der Waals surface area (Å²) in [6, 6.07) is 0. The van der Waals surface area contributed by atoms with Crippen molar-refractivity contribution in [1.29, 1.82) is 0 Å². The van der Waals surface area contributed by atoms with Crippen LogP contribution in [-0.4, -0.2) is 47.5 Å². The maximum Gasteiger partial charge on any atom is 0.251 e. The zero-order valence-electron chi connectivity index (χ0n) is 12.6. The van der Waals surface area contributed by atoms with Crippen LogP contribution in [-0.2, 0) is 9.59 Å². The molecule has 8 nitrogen and oxygen atoms in total. The van der Waals surface area contributed by atoms with Gasteiger partial charge in [-0.2, -0.15) is 0 Å². The average Bonchev–Trinajstić information content (AvgIpc) is 2.43. The predicted octanol–water partition coefficient (Wildman–Crippen LogP) is 0.158. The molecular formula is C13H19N5O3. The zero-order chi connectivity index (χ0) is 15.6. The molecule has 1 aliphatic heterocycles. The topological polar surface area (TPSA) is 96.5 Å². The summed E-state index contributed by atoms with van der Waals surface area (Å²) >= 11 is 0. The fourth-order valence-electron chi connectivity index (χ4n) is 2.16. The Bertz CT molecular complexity index is 573. The Morgan fingerprint density at radius 3 is 2.76 bits per heavy atom. The number of rotatable bonds is 4. The van der Waals surface area contributed by atoms with E-state index in [1.165, 1.54) is 13.4 Å². The fourth-order valence-corrected chi connectivity index (χ4v) is 2.16. The summed E-state index contributed by atoms with van der Waals surface area (Å²) in [4.78, 5) is 33.7. The number of aromatic nitrogens is 2. The number of nitrogens with one attached hydrogen (secondary N) is 2. The highest BCUT2D eigenvalue weighted by Gasteiger charge is 2.43. The third-order valence-corrected chi connectivity index (χ3v) is 3.37. The van der Waals surface area contributed by atoms with Crippen LogP contribution in [0.1, 0.15) is 20.8 Å². The van der Waals surface area contributed by atoms with Gasteiger partial charge in [-0.25, -0.2) is 9.97 Å². The SMILES string of the molecule is CCNc1ncnc(N2CC(=O)NC(=O)C2(C)C)c1OC. The minimum atomic E-state index is -0.918. The summed E-state index contributed by atoms with van der Waals surface area (Å²) in [5, 5.41) is 5.40. The van der Waals surface area contributed by atoms with Crippen LogP contribution >= 0.6 is 0 Å². The molecule has 1 aliphatic rings. The van der Waals surface area contributed by atoms with Gasteiger partial charge in [0.15, 0.2) is 11.6 Å². The number of piperazine rings is 1. The molecule has 8 heteroatoms. The minimum absolute atomic E-state index is 0.0255. The molecule has 2 heterocycles. The normalized spacial score (nSPS) is 17.4. The second kappa shape index (κ2) is 5.55. The Morgan fingerprint density at radius 1 is 1.43 bits per heavy atom. The summed E-state index contributed by atoms with van der Waals surface area (Å²) in [6.07, 6.45) is 1.38. The van der Waals surface area contributed by atoms with Crippen molar-refractivity contribution < 1.29 is 14.3 Å². The summed E-state index contributed by atoms with van der Waals surface area (Å²) in [5.41, 5.74) is -0.918. The van der Waals surface area contributed by atoms with E-state index >= 15 is 0 Å². The highest BCUT2D eigenvalue weighted by Crippen LogP contribution is 2.36. The first-order valence-electron chi connectivity index (χ1n) is 6.66. The van der Waals surface area contributed by atoms with Gasteiger partial charge in [0.05, 0.1) is 13.7 Å². The number of amides is 2. The standard InChI is InChI=1S/C13H19N5O3/c1-5-14-10-9(21-4)11(16-7-15-10)18-6-8(19)17-12(20)13(18,2)3/h7H,5-6H2,1-4H3,(H,14,15,16)(H,17,19,20). The van der Waals surface area contributed by atoms with E-state index in [-0.39, 0.29) is 18.4 Å². The van der Waals surface area contributed by atoms with Crippen molar-refractivity contribution in [3.05, 3.63) is 6.33 Å². The Kier molecular flexibility index (Phi) is 3.97. The smallest absolute Gasteiger partial charge is 0.251 e. The Morgan fingerprint density at radius 2 is 2.14 bits per heavy atom. The van der Waals surface area contributed by atoms with E-state index in [0.29, 0.717) is 23.9 Å². The van der Waals surface area contributed by atoms with Gasteiger partial charge in [0.1, 0.15) is 11.9 Å². The molecular weight excluding hydrogens is 274 g/mol. The Hall–Kier alpha value is -2.38. The molecule has 0 atom stereocenters. The molecule has 0 spiro atoms. The number of anilines is 2. The second-order valence-corrected chi connectivity index (χ2v) is 5.13. The number of carbonyl (C=O) groups excluding carboxylic acids is 2. The van der Waals surface area contributed by atoms with E-state index in [4.69, 9.17) is 4.74 Å². The lowest BCUT2D eigenvalue weighted by atomic mass is 9.98. The Balaban J connectivity index is 2.51. The number of nitrogens with zero attached hydrogens (tertiary/aromatic N) is 3. The molecule has 2 N–H and O–H groups in total. The summed E-state index contributed by atoms with van der Waals surface area (Å²) in [7, 11) is 1.50. The van der Waals surface area contributed by atoms with Crippen LogP contribution in [0.3, 0.4) is 0 Å². The minimum Gasteiger partial charge on any atom is -0.490 e. The molecule has 1 saturated heterocycles. The number of hydrogen-bond acceptors (Lipinski definition) is 7. The van der Waals surface area contributed by atoms with Crippen molar-refractivity contribution in [3.8, 4) is 5.75 Å². The summed E-state index contributed by atoms with van der Waals surface area (Å²) in [5.74, 6) is 0.611. The lowest BCUT2D eigenvalue weighted by Crippen LogP contribution is -2.64. The third-order valence-electron chi connectivity index (χ3n) is 3.37. The van der Waals surface area contributed by atoms with Crippen LogP contribution in [0.25, 0.3) is 0 Å². The van der Waals surface area contributed by atoms with Gasteiger partial charge in [0.25, 0.3) is 5.91 Å². The van der Waals surface area contributed by atoms with Crippen LogP contribution in [0, 0.1) is 0 Å². The van der Waals surface area contributed by atoms with Crippen molar-refractivity contribution in [1.82, 2.24) is 15.3 Å². The lowest BCUT2D eigenvalue weighted by molar-refractivity contribution is -0.135. The molecule has 1 aromatic heterocycles. The number of ether oxygens (including phenoxy) is 1. The van der Waals surface area contributed by atoms with E-state index in [0.717, 1.165) is 0 Å².